The maximum atomic E-state index is 12.1. The molecular weight excluding hydrogens is 248 g/mol. The average Bonchev–Trinajstić information content (AvgIpc) is 2.35. The van der Waals surface area contributed by atoms with Crippen LogP contribution in [0.4, 0.5) is 11.5 Å². The van der Waals surface area contributed by atoms with Gasteiger partial charge in [-0.25, -0.2) is 4.98 Å². The summed E-state index contributed by atoms with van der Waals surface area (Å²) in [5.41, 5.74) is -0.229. The van der Waals surface area contributed by atoms with Crippen LogP contribution in [0.2, 0.25) is 0 Å². The van der Waals surface area contributed by atoms with Crippen molar-refractivity contribution in [3.05, 3.63) is 27.9 Å². The summed E-state index contributed by atoms with van der Waals surface area (Å²) in [5.74, 6) is 0.617. The molecule has 2 rings (SSSR count). The van der Waals surface area contributed by atoms with Crippen LogP contribution >= 0.6 is 0 Å². The van der Waals surface area contributed by atoms with Crippen molar-refractivity contribution in [2.75, 3.05) is 12.4 Å². The molecule has 1 saturated carbocycles. The van der Waals surface area contributed by atoms with E-state index in [-0.39, 0.29) is 17.3 Å². The van der Waals surface area contributed by atoms with Crippen LogP contribution in [-0.4, -0.2) is 28.9 Å². The van der Waals surface area contributed by atoms with E-state index in [0.29, 0.717) is 11.7 Å². The van der Waals surface area contributed by atoms with Gasteiger partial charge in [-0.2, -0.15) is 0 Å². The molecule has 0 spiro atoms. The van der Waals surface area contributed by atoms with Gasteiger partial charge in [0.25, 0.3) is 11.6 Å². The van der Waals surface area contributed by atoms with Gasteiger partial charge < -0.3 is 10.6 Å². The van der Waals surface area contributed by atoms with Crippen molar-refractivity contribution in [2.24, 2.45) is 5.92 Å². The van der Waals surface area contributed by atoms with Crippen LogP contribution in [0.1, 0.15) is 30.1 Å². The molecule has 0 saturated heterocycles. The van der Waals surface area contributed by atoms with Crippen molar-refractivity contribution >= 4 is 17.4 Å². The summed E-state index contributed by atoms with van der Waals surface area (Å²) >= 11 is 0. The number of nitrogens with one attached hydrogen (secondary N) is 2. The first-order chi connectivity index (χ1) is 9.01. The summed E-state index contributed by atoms with van der Waals surface area (Å²) < 4.78 is 0. The Hall–Kier alpha value is -2.18. The van der Waals surface area contributed by atoms with Crippen molar-refractivity contribution in [3.63, 3.8) is 0 Å². The Morgan fingerprint density at radius 1 is 1.53 bits per heavy atom. The molecule has 0 aliphatic heterocycles. The van der Waals surface area contributed by atoms with Gasteiger partial charge in [-0.3, -0.25) is 14.9 Å². The van der Waals surface area contributed by atoms with E-state index in [4.69, 9.17) is 0 Å². The highest BCUT2D eigenvalue weighted by atomic mass is 16.6. The van der Waals surface area contributed by atoms with Gasteiger partial charge in [0, 0.05) is 19.2 Å². The zero-order valence-electron chi connectivity index (χ0n) is 10.8. The van der Waals surface area contributed by atoms with E-state index in [9.17, 15) is 14.9 Å². The first-order valence-corrected chi connectivity index (χ1v) is 6.14. The molecule has 19 heavy (non-hydrogen) atoms. The number of hydrogen-bond acceptors (Lipinski definition) is 5. The molecule has 1 amide bonds. The smallest absolute Gasteiger partial charge is 0.300 e. The number of hydrogen-bond donors (Lipinski definition) is 2. The largest absolute Gasteiger partial charge is 0.373 e. The van der Waals surface area contributed by atoms with Gasteiger partial charge >= 0.3 is 0 Å². The number of carbonyl (C=O) groups excluding carboxylic acids is 1. The number of anilines is 1. The zero-order chi connectivity index (χ0) is 14.0. The number of amides is 1. The Balaban J connectivity index is 2.20. The maximum Gasteiger partial charge on any atom is 0.300 e. The monoisotopic (exact) mass is 264 g/mol. The van der Waals surface area contributed by atoms with Gasteiger partial charge in [-0.05, 0) is 18.8 Å². The standard InChI is InChI=1S/C12H16N4O3/c1-7-3-8(4-7)15-12(17)9-5-11(13-2)14-6-10(9)16(18)19/h5-8H,3-4H2,1-2H3,(H,13,14)(H,15,17). The van der Waals surface area contributed by atoms with Gasteiger partial charge in [0.15, 0.2) is 0 Å². The molecule has 0 bridgehead atoms. The van der Waals surface area contributed by atoms with Gasteiger partial charge in [-0.1, -0.05) is 6.92 Å². The lowest BCUT2D eigenvalue weighted by Gasteiger charge is -2.33. The van der Waals surface area contributed by atoms with Crippen molar-refractivity contribution < 1.29 is 9.72 Å². The molecule has 0 radical (unpaired) electrons. The van der Waals surface area contributed by atoms with E-state index >= 15 is 0 Å². The zero-order valence-corrected chi connectivity index (χ0v) is 10.8. The summed E-state index contributed by atoms with van der Waals surface area (Å²) in [6.07, 6.45) is 2.94. The third-order valence-electron chi connectivity index (χ3n) is 3.29. The minimum Gasteiger partial charge on any atom is -0.373 e. The predicted molar refractivity (Wildman–Crippen MR) is 70.1 cm³/mol. The van der Waals surface area contributed by atoms with E-state index in [1.54, 1.807) is 7.05 Å². The second-order valence-corrected chi connectivity index (χ2v) is 4.84. The average molecular weight is 264 g/mol. The number of rotatable bonds is 4. The molecule has 0 aromatic carbocycles. The number of aromatic nitrogens is 1. The Morgan fingerprint density at radius 3 is 2.74 bits per heavy atom. The molecule has 1 aromatic heterocycles. The molecule has 7 nitrogen and oxygen atoms in total. The van der Waals surface area contributed by atoms with Gasteiger partial charge in [0.05, 0.1) is 4.92 Å². The fourth-order valence-corrected chi connectivity index (χ4v) is 2.20. The van der Waals surface area contributed by atoms with Crippen molar-refractivity contribution in [3.8, 4) is 0 Å². The van der Waals surface area contributed by atoms with E-state index in [2.05, 4.69) is 22.5 Å². The first-order valence-electron chi connectivity index (χ1n) is 6.14. The fraction of sp³-hybridized carbons (Fsp3) is 0.500. The maximum absolute atomic E-state index is 12.1. The van der Waals surface area contributed by atoms with Crippen molar-refractivity contribution in [2.45, 2.75) is 25.8 Å². The molecule has 1 fully saturated rings. The lowest BCUT2D eigenvalue weighted by atomic mass is 9.82. The van der Waals surface area contributed by atoms with Gasteiger partial charge in [-0.15, -0.1) is 0 Å². The molecule has 7 heteroatoms. The van der Waals surface area contributed by atoms with Crippen LogP contribution in [0, 0.1) is 16.0 Å². The summed E-state index contributed by atoms with van der Waals surface area (Å²) in [4.78, 5) is 26.3. The predicted octanol–water partition coefficient (Wildman–Crippen LogP) is 1.56. The third-order valence-corrected chi connectivity index (χ3v) is 3.29. The van der Waals surface area contributed by atoms with Crippen molar-refractivity contribution in [1.82, 2.24) is 10.3 Å². The number of nitro groups is 1. The molecule has 1 heterocycles. The molecule has 0 atom stereocenters. The first kappa shape index (κ1) is 13.3. The second-order valence-electron chi connectivity index (χ2n) is 4.84. The SMILES string of the molecule is CNc1cc(C(=O)NC2CC(C)C2)c([N+](=O)[O-])cn1. The summed E-state index contributed by atoms with van der Waals surface area (Å²) in [6, 6.07) is 1.52. The van der Waals surface area contributed by atoms with E-state index in [1.807, 2.05) is 0 Å². The molecule has 102 valence electrons. The number of pyridine rings is 1. The second kappa shape index (κ2) is 5.21. The van der Waals surface area contributed by atoms with Gasteiger partial charge in [0.2, 0.25) is 0 Å². The topological polar surface area (TPSA) is 97.2 Å². The van der Waals surface area contributed by atoms with E-state index in [0.717, 1.165) is 19.0 Å². The minimum absolute atomic E-state index is 0.0453. The van der Waals surface area contributed by atoms with Crippen LogP contribution in [-0.2, 0) is 0 Å². The third kappa shape index (κ3) is 2.81. The van der Waals surface area contributed by atoms with Crippen LogP contribution in [0.5, 0.6) is 0 Å². The summed E-state index contributed by atoms with van der Waals surface area (Å²) in [7, 11) is 1.64. The Labute approximate surface area is 110 Å². The van der Waals surface area contributed by atoms with E-state index in [1.165, 1.54) is 6.07 Å². The highest BCUT2D eigenvalue weighted by Gasteiger charge is 2.29. The lowest BCUT2D eigenvalue weighted by Crippen LogP contribution is -2.43. The van der Waals surface area contributed by atoms with Crippen molar-refractivity contribution in [1.29, 1.82) is 0 Å². The molecular formula is C12H16N4O3. The quantitative estimate of drug-likeness (QED) is 0.635. The lowest BCUT2D eigenvalue weighted by molar-refractivity contribution is -0.385. The van der Waals surface area contributed by atoms with Crippen LogP contribution in [0.15, 0.2) is 12.3 Å². The van der Waals surface area contributed by atoms with E-state index < -0.39 is 10.8 Å². The molecule has 1 aliphatic rings. The molecule has 1 aromatic rings. The number of carbonyl (C=O) groups is 1. The van der Waals surface area contributed by atoms with Crippen LogP contribution < -0.4 is 10.6 Å². The minimum atomic E-state index is -0.593. The summed E-state index contributed by atoms with van der Waals surface area (Å²) in [6.45, 7) is 2.11. The van der Waals surface area contributed by atoms with Gasteiger partial charge in [0.1, 0.15) is 17.6 Å². The molecule has 2 N–H and O–H groups in total. The number of nitrogens with zero attached hydrogens (tertiary/aromatic N) is 2. The fourth-order valence-electron chi connectivity index (χ4n) is 2.20. The Kier molecular flexibility index (Phi) is 3.64. The Bertz CT molecular complexity index is 512. The highest BCUT2D eigenvalue weighted by Crippen LogP contribution is 2.27. The van der Waals surface area contributed by atoms with Crippen LogP contribution in [0.3, 0.4) is 0 Å². The summed E-state index contributed by atoms with van der Waals surface area (Å²) in [5, 5.41) is 16.5. The Morgan fingerprint density at radius 2 is 2.21 bits per heavy atom. The van der Waals surface area contributed by atoms with Crippen LogP contribution in [0.25, 0.3) is 0 Å². The highest BCUT2D eigenvalue weighted by molar-refractivity contribution is 5.98. The molecule has 0 unspecified atom stereocenters. The molecule has 1 aliphatic carbocycles. The normalized spacial score (nSPS) is 21.4.